The second-order valence-electron chi connectivity index (χ2n) is 5.78. The lowest BCUT2D eigenvalue weighted by Gasteiger charge is -2.35. The lowest BCUT2D eigenvalue weighted by molar-refractivity contribution is -0.0118. The van der Waals surface area contributed by atoms with Crippen molar-refractivity contribution in [3.63, 3.8) is 0 Å². The molecule has 19 heavy (non-hydrogen) atoms. The minimum Gasteiger partial charge on any atom is -0.454 e. The van der Waals surface area contributed by atoms with Crippen LogP contribution in [0.2, 0.25) is 0 Å². The van der Waals surface area contributed by atoms with Crippen molar-refractivity contribution in [3.8, 4) is 11.5 Å². The van der Waals surface area contributed by atoms with Crippen LogP contribution < -0.4 is 14.9 Å². The second-order valence-corrected chi connectivity index (χ2v) is 5.78. The van der Waals surface area contributed by atoms with Crippen molar-refractivity contribution in [2.45, 2.75) is 45.3 Å². The van der Waals surface area contributed by atoms with E-state index in [0.29, 0.717) is 0 Å². The third-order valence-electron chi connectivity index (χ3n) is 4.39. The highest BCUT2D eigenvalue weighted by molar-refractivity contribution is 6.62. The lowest BCUT2D eigenvalue weighted by atomic mass is 9.79. The molecular formula is C14H19BO4. The molecular weight excluding hydrogens is 243 g/mol. The molecule has 2 aliphatic heterocycles. The number of hydrogen-bond acceptors (Lipinski definition) is 4. The number of fused-ring (bicyclic) bond motifs is 1. The molecule has 1 fully saturated rings. The fraction of sp³-hybridized carbons (Fsp3) is 0.571. The smallest absolute Gasteiger partial charge is 0.454 e. The van der Waals surface area contributed by atoms with Crippen molar-refractivity contribution in [3.05, 3.63) is 18.2 Å². The minimum atomic E-state index is -0.352. The van der Waals surface area contributed by atoms with Crippen LogP contribution in [0.5, 0.6) is 11.5 Å². The van der Waals surface area contributed by atoms with Gasteiger partial charge in [-0.05, 0) is 44.8 Å². The van der Waals surface area contributed by atoms with E-state index in [2.05, 4.69) is 27.7 Å². The van der Waals surface area contributed by atoms with Gasteiger partial charge in [0.1, 0.15) is 0 Å². The summed E-state index contributed by atoms with van der Waals surface area (Å²) in [6.07, 6.45) is 0.904. The van der Waals surface area contributed by atoms with Crippen LogP contribution >= 0.6 is 0 Å². The molecule has 1 aromatic carbocycles. The normalized spacial score (nSPS) is 27.9. The first-order chi connectivity index (χ1) is 8.95. The molecule has 1 atom stereocenters. The molecule has 3 rings (SSSR count). The summed E-state index contributed by atoms with van der Waals surface area (Å²) >= 11 is 0. The summed E-state index contributed by atoms with van der Waals surface area (Å²) in [5.74, 6) is 1.53. The lowest BCUT2D eigenvalue weighted by Crippen LogP contribution is -2.44. The van der Waals surface area contributed by atoms with Crippen molar-refractivity contribution in [2.75, 3.05) is 6.79 Å². The molecule has 0 aromatic heterocycles. The predicted octanol–water partition coefficient (Wildman–Crippen LogP) is 2.10. The van der Waals surface area contributed by atoms with E-state index in [0.717, 1.165) is 23.4 Å². The Kier molecular flexibility index (Phi) is 2.80. The molecule has 4 nitrogen and oxygen atoms in total. The Morgan fingerprint density at radius 1 is 1.11 bits per heavy atom. The van der Waals surface area contributed by atoms with Gasteiger partial charge in [-0.15, -0.1) is 0 Å². The standard InChI is InChI=1S/C14H19BO4/c1-5-14(4)13(2,3)18-15(19-14)10-6-7-11-12(8-10)17-9-16-11/h6-8H,5,9H2,1-4H3. The van der Waals surface area contributed by atoms with Gasteiger partial charge in [0.2, 0.25) is 6.79 Å². The van der Waals surface area contributed by atoms with E-state index >= 15 is 0 Å². The number of rotatable bonds is 2. The zero-order valence-corrected chi connectivity index (χ0v) is 11.9. The summed E-state index contributed by atoms with van der Waals surface area (Å²) in [4.78, 5) is 0. The van der Waals surface area contributed by atoms with Crippen LogP contribution in [0.15, 0.2) is 18.2 Å². The van der Waals surface area contributed by atoms with Gasteiger partial charge in [0, 0.05) is 0 Å². The maximum Gasteiger partial charge on any atom is 0.494 e. The monoisotopic (exact) mass is 262 g/mol. The van der Waals surface area contributed by atoms with Crippen molar-refractivity contribution < 1.29 is 18.8 Å². The van der Waals surface area contributed by atoms with E-state index < -0.39 is 0 Å². The third kappa shape index (κ3) is 1.92. The highest BCUT2D eigenvalue weighted by Gasteiger charge is 2.53. The maximum absolute atomic E-state index is 6.14. The van der Waals surface area contributed by atoms with E-state index in [1.807, 2.05) is 18.2 Å². The highest BCUT2D eigenvalue weighted by atomic mass is 16.7. The topological polar surface area (TPSA) is 36.9 Å². The highest BCUT2D eigenvalue weighted by Crippen LogP contribution is 2.40. The zero-order valence-electron chi connectivity index (χ0n) is 11.9. The van der Waals surface area contributed by atoms with E-state index in [1.54, 1.807) is 0 Å². The fourth-order valence-electron chi connectivity index (χ4n) is 2.50. The van der Waals surface area contributed by atoms with Gasteiger partial charge < -0.3 is 18.8 Å². The summed E-state index contributed by atoms with van der Waals surface area (Å²) in [6, 6.07) is 5.80. The van der Waals surface area contributed by atoms with Crippen LogP contribution in [0, 0.1) is 0 Å². The molecule has 102 valence electrons. The second kappa shape index (κ2) is 4.15. The summed E-state index contributed by atoms with van der Waals surface area (Å²) in [5, 5.41) is 0. The minimum absolute atomic E-state index is 0.281. The summed E-state index contributed by atoms with van der Waals surface area (Å²) in [7, 11) is -0.352. The summed E-state index contributed by atoms with van der Waals surface area (Å²) in [6.45, 7) is 8.64. The number of ether oxygens (including phenoxy) is 2. The van der Waals surface area contributed by atoms with Crippen molar-refractivity contribution in [1.82, 2.24) is 0 Å². The quantitative estimate of drug-likeness (QED) is 0.765. The van der Waals surface area contributed by atoms with Crippen LogP contribution in [0.4, 0.5) is 0 Å². The first kappa shape index (κ1) is 12.8. The average molecular weight is 262 g/mol. The molecule has 2 aliphatic rings. The van der Waals surface area contributed by atoms with Crippen molar-refractivity contribution in [2.24, 2.45) is 0 Å². The summed E-state index contributed by atoms with van der Waals surface area (Å²) < 4.78 is 22.9. The Hall–Kier alpha value is -1.20. The molecule has 1 unspecified atom stereocenters. The average Bonchev–Trinajstić information content (AvgIpc) is 2.92. The van der Waals surface area contributed by atoms with Gasteiger partial charge in [0.05, 0.1) is 11.2 Å². The first-order valence-electron chi connectivity index (χ1n) is 6.70. The van der Waals surface area contributed by atoms with Gasteiger partial charge in [0.25, 0.3) is 0 Å². The van der Waals surface area contributed by atoms with Crippen LogP contribution in [0.3, 0.4) is 0 Å². The Balaban J connectivity index is 1.89. The van der Waals surface area contributed by atoms with Gasteiger partial charge in [-0.1, -0.05) is 13.0 Å². The Morgan fingerprint density at radius 2 is 1.84 bits per heavy atom. The number of benzene rings is 1. The molecule has 0 spiro atoms. The predicted molar refractivity (Wildman–Crippen MR) is 72.9 cm³/mol. The molecule has 0 bridgehead atoms. The largest absolute Gasteiger partial charge is 0.494 e. The van der Waals surface area contributed by atoms with Crippen molar-refractivity contribution in [1.29, 1.82) is 0 Å². The van der Waals surface area contributed by atoms with E-state index in [9.17, 15) is 0 Å². The maximum atomic E-state index is 6.14. The Labute approximate surface area is 114 Å². The van der Waals surface area contributed by atoms with Crippen LogP contribution in [-0.2, 0) is 9.31 Å². The van der Waals surface area contributed by atoms with Gasteiger partial charge in [0.15, 0.2) is 11.5 Å². The van der Waals surface area contributed by atoms with E-state index in [1.165, 1.54) is 0 Å². The molecule has 0 amide bonds. The Morgan fingerprint density at radius 3 is 2.53 bits per heavy atom. The number of hydrogen-bond donors (Lipinski definition) is 0. The molecule has 1 aromatic rings. The molecule has 2 heterocycles. The molecule has 5 heteroatoms. The van der Waals surface area contributed by atoms with Gasteiger partial charge in [-0.2, -0.15) is 0 Å². The molecule has 1 saturated heterocycles. The van der Waals surface area contributed by atoms with E-state index in [-0.39, 0.29) is 25.1 Å². The van der Waals surface area contributed by atoms with Gasteiger partial charge >= 0.3 is 7.12 Å². The van der Waals surface area contributed by atoms with Crippen LogP contribution in [0.1, 0.15) is 34.1 Å². The molecule has 0 N–H and O–H groups in total. The van der Waals surface area contributed by atoms with Gasteiger partial charge in [-0.3, -0.25) is 0 Å². The van der Waals surface area contributed by atoms with Crippen LogP contribution in [-0.4, -0.2) is 25.1 Å². The summed E-state index contributed by atoms with van der Waals surface area (Å²) in [5.41, 5.74) is 0.367. The molecule has 0 saturated carbocycles. The third-order valence-corrected chi connectivity index (χ3v) is 4.39. The van der Waals surface area contributed by atoms with E-state index in [4.69, 9.17) is 18.8 Å². The molecule has 0 aliphatic carbocycles. The molecule has 0 radical (unpaired) electrons. The zero-order chi connectivity index (χ0) is 13.7. The first-order valence-corrected chi connectivity index (χ1v) is 6.70. The van der Waals surface area contributed by atoms with Gasteiger partial charge in [-0.25, -0.2) is 0 Å². The fourth-order valence-corrected chi connectivity index (χ4v) is 2.50. The Bertz CT molecular complexity index is 502. The van der Waals surface area contributed by atoms with Crippen LogP contribution in [0.25, 0.3) is 0 Å². The van der Waals surface area contributed by atoms with Crippen molar-refractivity contribution >= 4 is 12.6 Å². The SMILES string of the molecule is CCC1(C)OB(c2ccc3c(c2)OCO3)OC1(C)C.